The molecule has 2 aromatic rings. The standard InChI is InChI=1S/C27H38FN5O2/c1-16(29-2)26(34)31-24(17-7-5-4-6-8-17)27(35)33-12-11-23-25(33)21(15-32(23)3)20-14-30-22-13-18(28)9-10-19(20)22/h9-10,13-14,16-17,21,23-25,29-30H,4-8,11-12,15H2,1-3H3,(H,31,34). The minimum Gasteiger partial charge on any atom is -0.361 e. The number of likely N-dealkylation sites (tertiary alicyclic amines) is 2. The average molecular weight is 484 g/mol. The molecule has 1 aliphatic carbocycles. The molecular formula is C27H38FN5O2. The Morgan fingerprint density at radius 3 is 2.69 bits per heavy atom. The fourth-order valence-corrected chi connectivity index (χ4v) is 6.72. The van der Waals surface area contributed by atoms with E-state index in [-0.39, 0.29) is 47.6 Å². The molecule has 3 heterocycles. The van der Waals surface area contributed by atoms with Crippen molar-refractivity contribution in [2.24, 2.45) is 5.92 Å². The zero-order chi connectivity index (χ0) is 24.7. The van der Waals surface area contributed by atoms with E-state index in [1.165, 1.54) is 18.6 Å². The largest absolute Gasteiger partial charge is 0.361 e. The third-order valence-corrected chi connectivity index (χ3v) is 8.75. The zero-order valence-corrected chi connectivity index (χ0v) is 21.0. The number of aromatic amines is 1. The third kappa shape index (κ3) is 4.47. The lowest BCUT2D eigenvalue weighted by Gasteiger charge is -2.36. The van der Waals surface area contributed by atoms with E-state index in [0.717, 1.165) is 55.1 Å². The van der Waals surface area contributed by atoms with Crippen molar-refractivity contribution >= 4 is 22.7 Å². The number of hydrogen-bond donors (Lipinski definition) is 3. The van der Waals surface area contributed by atoms with E-state index in [1.807, 2.05) is 19.2 Å². The summed E-state index contributed by atoms with van der Waals surface area (Å²) in [6.45, 7) is 3.37. The molecule has 0 radical (unpaired) electrons. The third-order valence-electron chi connectivity index (χ3n) is 8.75. The molecule has 1 saturated carbocycles. The Labute approximate surface area is 206 Å². The quantitative estimate of drug-likeness (QED) is 0.590. The van der Waals surface area contributed by atoms with Gasteiger partial charge in [-0.3, -0.25) is 9.59 Å². The van der Waals surface area contributed by atoms with E-state index >= 15 is 0 Å². The molecule has 190 valence electrons. The number of fused-ring (bicyclic) bond motifs is 2. The number of hydrogen-bond acceptors (Lipinski definition) is 4. The van der Waals surface area contributed by atoms with Crippen LogP contribution in [-0.4, -0.2) is 78.0 Å². The van der Waals surface area contributed by atoms with E-state index in [0.29, 0.717) is 6.54 Å². The summed E-state index contributed by atoms with van der Waals surface area (Å²) in [5, 5.41) is 7.15. The molecule has 2 amide bonds. The first kappa shape index (κ1) is 24.3. The number of amides is 2. The highest BCUT2D eigenvalue weighted by Crippen LogP contribution is 2.43. The molecule has 8 heteroatoms. The highest BCUT2D eigenvalue weighted by atomic mass is 19.1. The summed E-state index contributed by atoms with van der Waals surface area (Å²) >= 11 is 0. The van der Waals surface area contributed by atoms with E-state index in [1.54, 1.807) is 7.05 Å². The lowest BCUT2D eigenvalue weighted by Crippen LogP contribution is -2.57. The minimum atomic E-state index is -0.485. The topological polar surface area (TPSA) is 80.5 Å². The Kier molecular flexibility index (Phi) is 6.86. The molecule has 35 heavy (non-hydrogen) atoms. The predicted octanol–water partition coefficient (Wildman–Crippen LogP) is 2.98. The SMILES string of the molecule is CNC(C)C(=O)NC(C(=O)N1CCC2C1C(c1c[nH]c3cc(F)ccc13)CN2C)C1CCCCC1. The Bertz CT molecular complexity index is 1080. The number of aromatic nitrogens is 1. The Morgan fingerprint density at radius 1 is 1.17 bits per heavy atom. The molecule has 0 bridgehead atoms. The maximum absolute atomic E-state index is 14.2. The molecule has 3 fully saturated rings. The Hall–Kier alpha value is -2.45. The summed E-state index contributed by atoms with van der Waals surface area (Å²) in [6.07, 6.45) is 8.28. The van der Waals surface area contributed by atoms with E-state index in [2.05, 4.69) is 32.5 Å². The number of carbonyl (C=O) groups excluding carboxylic acids is 2. The van der Waals surface area contributed by atoms with Gasteiger partial charge in [-0.1, -0.05) is 19.3 Å². The summed E-state index contributed by atoms with van der Waals surface area (Å²) in [7, 11) is 3.90. The number of rotatable bonds is 6. The molecule has 1 aromatic carbocycles. The molecule has 3 aliphatic rings. The van der Waals surface area contributed by atoms with Gasteiger partial charge in [-0.2, -0.15) is 0 Å². The second-order valence-corrected chi connectivity index (χ2v) is 10.8. The van der Waals surface area contributed by atoms with Gasteiger partial charge in [-0.25, -0.2) is 4.39 Å². The van der Waals surface area contributed by atoms with Gasteiger partial charge in [0.05, 0.1) is 12.1 Å². The van der Waals surface area contributed by atoms with Gasteiger partial charge in [0.1, 0.15) is 11.9 Å². The highest BCUT2D eigenvalue weighted by Gasteiger charge is 2.51. The van der Waals surface area contributed by atoms with Gasteiger partial charge in [-0.05, 0) is 70.0 Å². The predicted molar refractivity (Wildman–Crippen MR) is 135 cm³/mol. The van der Waals surface area contributed by atoms with Gasteiger partial charge < -0.3 is 25.4 Å². The fraction of sp³-hybridized carbons (Fsp3) is 0.630. The molecule has 7 nitrogen and oxygen atoms in total. The first-order valence-corrected chi connectivity index (χ1v) is 13.1. The molecule has 1 aromatic heterocycles. The van der Waals surface area contributed by atoms with Gasteiger partial charge in [0.15, 0.2) is 0 Å². The number of likely N-dealkylation sites (N-methyl/N-ethyl adjacent to an activating group) is 2. The van der Waals surface area contributed by atoms with Gasteiger partial charge in [0.2, 0.25) is 11.8 Å². The van der Waals surface area contributed by atoms with Crippen molar-refractivity contribution in [2.75, 3.05) is 27.2 Å². The van der Waals surface area contributed by atoms with Crippen LogP contribution in [0.2, 0.25) is 0 Å². The number of benzene rings is 1. The summed E-state index contributed by atoms with van der Waals surface area (Å²) in [4.78, 5) is 34.7. The van der Waals surface area contributed by atoms with Crippen molar-refractivity contribution in [1.82, 2.24) is 25.4 Å². The van der Waals surface area contributed by atoms with Gasteiger partial charge >= 0.3 is 0 Å². The van der Waals surface area contributed by atoms with Crippen LogP contribution in [0.4, 0.5) is 4.39 Å². The monoisotopic (exact) mass is 483 g/mol. The van der Waals surface area contributed by atoms with Crippen molar-refractivity contribution in [3.05, 3.63) is 35.8 Å². The van der Waals surface area contributed by atoms with Crippen LogP contribution in [0.25, 0.3) is 10.9 Å². The van der Waals surface area contributed by atoms with Gasteiger partial charge in [0, 0.05) is 42.1 Å². The van der Waals surface area contributed by atoms with Crippen molar-refractivity contribution < 1.29 is 14.0 Å². The number of nitrogens with zero attached hydrogens (tertiary/aromatic N) is 2. The van der Waals surface area contributed by atoms with Crippen LogP contribution in [0, 0.1) is 11.7 Å². The molecule has 2 aliphatic heterocycles. The van der Waals surface area contributed by atoms with Crippen LogP contribution >= 0.6 is 0 Å². The molecule has 5 unspecified atom stereocenters. The van der Waals surface area contributed by atoms with E-state index in [9.17, 15) is 14.0 Å². The van der Waals surface area contributed by atoms with Crippen LogP contribution in [0.15, 0.2) is 24.4 Å². The second-order valence-electron chi connectivity index (χ2n) is 10.8. The van der Waals surface area contributed by atoms with Crippen molar-refractivity contribution in [3.63, 3.8) is 0 Å². The number of carbonyl (C=O) groups is 2. The maximum Gasteiger partial charge on any atom is 0.245 e. The molecular weight excluding hydrogens is 445 g/mol. The minimum absolute atomic E-state index is 0.0428. The first-order chi connectivity index (χ1) is 16.9. The van der Waals surface area contributed by atoms with Crippen LogP contribution in [-0.2, 0) is 9.59 Å². The summed E-state index contributed by atoms with van der Waals surface area (Å²) < 4.78 is 13.8. The van der Waals surface area contributed by atoms with Crippen molar-refractivity contribution in [3.8, 4) is 0 Å². The molecule has 3 N–H and O–H groups in total. The van der Waals surface area contributed by atoms with E-state index in [4.69, 9.17) is 0 Å². The van der Waals surface area contributed by atoms with Crippen LogP contribution in [0.1, 0.15) is 56.9 Å². The summed E-state index contributed by atoms with van der Waals surface area (Å²) in [5.41, 5.74) is 1.93. The highest BCUT2D eigenvalue weighted by molar-refractivity contribution is 5.90. The smallest absolute Gasteiger partial charge is 0.245 e. The molecule has 0 spiro atoms. The molecule has 5 atom stereocenters. The van der Waals surface area contributed by atoms with Gasteiger partial charge in [0.25, 0.3) is 0 Å². The Balaban J connectivity index is 1.45. The first-order valence-electron chi connectivity index (χ1n) is 13.1. The number of halogens is 1. The summed E-state index contributed by atoms with van der Waals surface area (Å²) in [6, 6.07) is 4.37. The second kappa shape index (κ2) is 9.90. The molecule has 5 rings (SSSR count). The van der Waals surface area contributed by atoms with E-state index < -0.39 is 6.04 Å². The number of nitrogens with one attached hydrogen (secondary N) is 3. The van der Waals surface area contributed by atoms with Crippen LogP contribution < -0.4 is 10.6 Å². The summed E-state index contributed by atoms with van der Waals surface area (Å²) in [5.74, 6) is -0.00319. The lowest BCUT2D eigenvalue weighted by molar-refractivity contribution is -0.139. The Morgan fingerprint density at radius 2 is 1.94 bits per heavy atom. The zero-order valence-electron chi connectivity index (χ0n) is 21.0. The lowest BCUT2D eigenvalue weighted by atomic mass is 9.82. The number of H-pyrrole nitrogens is 1. The van der Waals surface area contributed by atoms with Gasteiger partial charge in [-0.15, -0.1) is 0 Å². The van der Waals surface area contributed by atoms with Crippen LogP contribution in [0.5, 0.6) is 0 Å². The normalized spacial score (nSPS) is 27.2. The van der Waals surface area contributed by atoms with Crippen molar-refractivity contribution in [1.29, 1.82) is 0 Å². The van der Waals surface area contributed by atoms with Crippen molar-refractivity contribution in [2.45, 2.75) is 75.5 Å². The molecule has 2 saturated heterocycles. The van der Waals surface area contributed by atoms with Crippen LogP contribution in [0.3, 0.4) is 0 Å². The average Bonchev–Trinajstić information content (AvgIpc) is 3.57. The maximum atomic E-state index is 14.2. The fourth-order valence-electron chi connectivity index (χ4n) is 6.72.